The minimum atomic E-state index is -0.738. The third kappa shape index (κ3) is 5.69. The van der Waals surface area contributed by atoms with Crippen LogP contribution in [-0.2, 0) is 30.7 Å². The van der Waals surface area contributed by atoms with Crippen LogP contribution < -0.4 is 5.32 Å². The molecule has 5 heteroatoms. The number of rotatable bonds is 9. The zero-order valence-electron chi connectivity index (χ0n) is 18.6. The van der Waals surface area contributed by atoms with Crippen LogP contribution in [0.25, 0.3) is 0 Å². The van der Waals surface area contributed by atoms with Gasteiger partial charge in [0.1, 0.15) is 0 Å². The Morgan fingerprint density at radius 2 is 1.58 bits per heavy atom. The van der Waals surface area contributed by atoms with Gasteiger partial charge in [0.25, 0.3) is 0 Å². The summed E-state index contributed by atoms with van der Waals surface area (Å²) in [5.74, 6) is -0.627. The summed E-state index contributed by atoms with van der Waals surface area (Å²) >= 11 is 0. The monoisotopic (exact) mass is 445 g/mol. The van der Waals surface area contributed by atoms with Crippen LogP contribution in [0, 0.1) is 5.92 Å². The molecule has 0 fully saturated rings. The summed E-state index contributed by atoms with van der Waals surface area (Å²) in [5, 5.41) is 34.1. The first kappa shape index (κ1) is 23.2. The number of hydrogen-bond donors (Lipinski definition) is 4. The number of carbonyl (C=O) groups is 1. The Kier molecular flexibility index (Phi) is 7.55. The average molecular weight is 446 g/mol. The molecule has 1 aliphatic rings. The lowest BCUT2D eigenvalue weighted by molar-refractivity contribution is -0.127. The van der Waals surface area contributed by atoms with Crippen LogP contribution in [0.2, 0.25) is 0 Å². The number of nitrogens with one attached hydrogen (secondary N) is 1. The Bertz CT molecular complexity index is 1070. The zero-order valence-corrected chi connectivity index (χ0v) is 18.6. The second-order valence-electron chi connectivity index (χ2n) is 8.86. The molecule has 0 radical (unpaired) electrons. The van der Waals surface area contributed by atoms with E-state index in [9.17, 15) is 20.1 Å². The molecule has 4 N–H and O–H groups in total. The standard InChI is InChI=1S/C28H31NO4/c30-18-22-12-5-4-10-20(22)15-24(31)16-23(14-19-8-2-1-3-9-19)28(33)29-27-25-13-7-6-11-21(25)17-26(27)32/h1-13,23-24,26-27,30-32H,14-18H2,(H,29,33)/t23?,24?,26-,27+/m1/s1. The third-order valence-corrected chi connectivity index (χ3v) is 6.50. The van der Waals surface area contributed by atoms with Crippen molar-refractivity contribution in [2.45, 2.75) is 50.5 Å². The Morgan fingerprint density at radius 3 is 2.33 bits per heavy atom. The maximum absolute atomic E-state index is 13.4. The molecule has 33 heavy (non-hydrogen) atoms. The Labute approximate surface area is 194 Å². The van der Waals surface area contributed by atoms with Gasteiger partial charge in [0.05, 0.1) is 24.9 Å². The summed E-state index contributed by atoms with van der Waals surface area (Å²) in [6.07, 6.45) is 0.263. The molecule has 0 heterocycles. The number of fused-ring (bicyclic) bond motifs is 1. The maximum Gasteiger partial charge on any atom is 0.224 e. The van der Waals surface area contributed by atoms with E-state index >= 15 is 0 Å². The highest BCUT2D eigenvalue weighted by Gasteiger charge is 2.34. The van der Waals surface area contributed by atoms with Crippen LogP contribution in [0.15, 0.2) is 78.9 Å². The normalized spacial score (nSPS) is 19.0. The predicted molar refractivity (Wildman–Crippen MR) is 127 cm³/mol. The largest absolute Gasteiger partial charge is 0.393 e. The molecule has 0 spiro atoms. The first-order valence-electron chi connectivity index (χ1n) is 11.5. The summed E-state index contributed by atoms with van der Waals surface area (Å²) in [7, 11) is 0. The van der Waals surface area contributed by atoms with Crippen molar-refractivity contribution in [3.8, 4) is 0 Å². The van der Waals surface area contributed by atoms with Crippen molar-refractivity contribution < 1.29 is 20.1 Å². The van der Waals surface area contributed by atoms with Crippen molar-refractivity contribution in [3.05, 3.63) is 107 Å². The van der Waals surface area contributed by atoms with Gasteiger partial charge in [-0.05, 0) is 47.1 Å². The van der Waals surface area contributed by atoms with Crippen molar-refractivity contribution in [1.29, 1.82) is 0 Å². The van der Waals surface area contributed by atoms with E-state index in [1.165, 1.54) is 0 Å². The number of benzene rings is 3. The van der Waals surface area contributed by atoms with Crippen LogP contribution in [0.1, 0.15) is 40.3 Å². The lowest BCUT2D eigenvalue weighted by atomic mass is 9.89. The van der Waals surface area contributed by atoms with Gasteiger partial charge < -0.3 is 20.6 Å². The van der Waals surface area contributed by atoms with E-state index in [0.29, 0.717) is 19.3 Å². The molecule has 4 atom stereocenters. The number of aliphatic hydroxyl groups excluding tert-OH is 3. The number of amides is 1. The minimum Gasteiger partial charge on any atom is -0.393 e. The van der Waals surface area contributed by atoms with Gasteiger partial charge >= 0.3 is 0 Å². The van der Waals surface area contributed by atoms with Crippen molar-refractivity contribution in [3.63, 3.8) is 0 Å². The topological polar surface area (TPSA) is 89.8 Å². The molecule has 0 saturated heterocycles. The molecule has 5 nitrogen and oxygen atoms in total. The molecular weight excluding hydrogens is 414 g/mol. The fraction of sp³-hybridized carbons (Fsp3) is 0.321. The molecule has 4 rings (SSSR count). The Hall–Kier alpha value is -2.99. The summed E-state index contributed by atoms with van der Waals surface area (Å²) in [4.78, 5) is 13.4. The smallest absolute Gasteiger partial charge is 0.224 e. The van der Waals surface area contributed by atoms with E-state index in [1.54, 1.807) is 0 Å². The first-order chi connectivity index (χ1) is 16.0. The van der Waals surface area contributed by atoms with Crippen LogP contribution >= 0.6 is 0 Å². The number of carbonyl (C=O) groups excluding carboxylic acids is 1. The summed E-state index contributed by atoms with van der Waals surface area (Å²) < 4.78 is 0. The van der Waals surface area contributed by atoms with Gasteiger partial charge in [0.2, 0.25) is 5.91 Å². The third-order valence-electron chi connectivity index (χ3n) is 6.50. The lowest BCUT2D eigenvalue weighted by Crippen LogP contribution is -2.39. The highest BCUT2D eigenvalue weighted by atomic mass is 16.3. The van der Waals surface area contributed by atoms with E-state index in [1.807, 2.05) is 78.9 Å². The molecule has 1 amide bonds. The maximum atomic E-state index is 13.4. The minimum absolute atomic E-state index is 0.0875. The van der Waals surface area contributed by atoms with Crippen molar-refractivity contribution in [1.82, 2.24) is 5.32 Å². The second-order valence-corrected chi connectivity index (χ2v) is 8.86. The molecule has 0 aromatic heterocycles. The fourth-order valence-corrected chi connectivity index (χ4v) is 4.78. The SMILES string of the molecule is O=C(N[C@H]1c2ccccc2C[C@H]1O)C(Cc1ccccc1)CC(O)Cc1ccccc1CO. The summed E-state index contributed by atoms with van der Waals surface area (Å²) in [5.41, 5.74) is 4.69. The molecule has 172 valence electrons. The molecule has 0 aliphatic heterocycles. The van der Waals surface area contributed by atoms with E-state index in [2.05, 4.69) is 5.32 Å². The van der Waals surface area contributed by atoms with Crippen LogP contribution in [-0.4, -0.2) is 33.4 Å². The number of aliphatic hydroxyl groups is 3. The Balaban J connectivity index is 1.50. The summed E-state index contributed by atoms with van der Waals surface area (Å²) in [6, 6.07) is 24.6. The molecule has 3 aromatic rings. The fourth-order valence-electron chi connectivity index (χ4n) is 4.78. The molecule has 0 saturated carbocycles. The van der Waals surface area contributed by atoms with Gasteiger partial charge in [-0.15, -0.1) is 0 Å². The lowest BCUT2D eigenvalue weighted by Gasteiger charge is -2.25. The molecule has 2 unspecified atom stereocenters. The first-order valence-corrected chi connectivity index (χ1v) is 11.5. The molecule has 0 bridgehead atoms. The Morgan fingerprint density at radius 1 is 0.909 bits per heavy atom. The van der Waals surface area contributed by atoms with Gasteiger partial charge in [-0.1, -0.05) is 78.9 Å². The van der Waals surface area contributed by atoms with Crippen LogP contribution in [0.4, 0.5) is 0 Å². The molecule has 3 aromatic carbocycles. The van der Waals surface area contributed by atoms with Crippen molar-refractivity contribution >= 4 is 5.91 Å². The number of hydrogen-bond acceptors (Lipinski definition) is 4. The highest BCUT2D eigenvalue weighted by molar-refractivity contribution is 5.79. The van der Waals surface area contributed by atoms with Crippen molar-refractivity contribution in [2.75, 3.05) is 0 Å². The van der Waals surface area contributed by atoms with E-state index in [4.69, 9.17) is 0 Å². The van der Waals surface area contributed by atoms with E-state index in [-0.39, 0.29) is 18.9 Å². The van der Waals surface area contributed by atoms with Gasteiger partial charge in [-0.25, -0.2) is 0 Å². The van der Waals surface area contributed by atoms with Gasteiger partial charge in [-0.3, -0.25) is 4.79 Å². The predicted octanol–water partition coefficient (Wildman–Crippen LogP) is 3.11. The van der Waals surface area contributed by atoms with Gasteiger partial charge in [0.15, 0.2) is 0 Å². The van der Waals surface area contributed by atoms with Gasteiger partial charge in [-0.2, -0.15) is 0 Å². The summed E-state index contributed by atoms with van der Waals surface area (Å²) in [6.45, 7) is -0.0875. The highest BCUT2D eigenvalue weighted by Crippen LogP contribution is 2.32. The van der Waals surface area contributed by atoms with E-state index < -0.39 is 24.2 Å². The average Bonchev–Trinajstić information content (AvgIpc) is 3.14. The quantitative estimate of drug-likeness (QED) is 0.407. The molecule has 1 aliphatic carbocycles. The molecular formula is C28H31NO4. The van der Waals surface area contributed by atoms with E-state index in [0.717, 1.165) is 27.8 Å². The van der Waals surface area contributed by atoms with Crippen LogP contribution in [0.5, 0.6) is 0 Å². The zero-order chi connectivity index (χ0) is 23.2. The van der Waals surface area contributed by atoms with Crippen molar-refractivity contribution in [2.24, 2.45) is 5.92 Å². The second kappa shape index (κ2) is 10.8. The van der Waals surface area contributed by atoms with Crippen LogP contribution in [0.3, 0.4) is 0 Å². The van der Waals surface area contributed by atoms with Gasteiger partial charge in [0, 0.05) is 12.3 Å².